The number of nitrogens with one attached hydrogen (secondary N) is 2. The fraction of sp³-hybridized carbons (Fsp3) is 0.811. The van der Waals surface area contributed by atoms with Crippen molar-refractivity contribution in [2.45, 2.75) is 167 Å². The zero-order chi connectivity index (χ0) is 41.2. The molecule has 56 heavy (non-hydrogen) atoms. The standard InChI is InChI=1S/C37H60N2O11S6.H2/c40-27(17-13-11-9-7-5-3-1-2-4-6-8-10-12-14-19-32(43)44)25-26(33(45)46)20-22-31(42)39-29(35(49)50)21-23-30(41)38-24-16-15-18-28(34(47)48)36-51-53-37(54-52-36)55-56-37;/h26,28-29,36H,1-25H2,(H,38,41)(H,39,42)(H,43,44)(H,45,46)(H,47,48)(H,49,50);1H/t26-,28+,29+;/m1./s1. The molecule has 2 fully saturated rings. The van der Waals surface area contributed by atoms with Crippen LogP contribution in [0.25, 0.3) is 0 Å². The highest BCUT2D eigenvalue weighted by molar-refractivity contribution is 9.14. The second kappa shape index (κ2) is 29.7. The maximum atomic E-state index is 12.5. The summed E-state index contributed by atoms with van der Waals surface area (Å²) >= 11 is 0. The number of unbranched alkanes of at least 4 members (excludes halogenated alkanes) is 14. The number of carboxylic acid groups (broad SMARTS) is 4. The van der Waals surface area contributed by atoms with Crippen molar-refractivity contribution >= 4 is 106 Å². The van der Waals surface area contributed by atoms with Crippen molar-refractivity contribution in [1.29, 1.82) is 0 Å². The maximum absolute atomic E-state index is 12.5. The number of Topliss-reactive ketones (excluding diaryl/α,β-unsaturated/α-hetero) is 1. The van der Waals surface area contributed by atoms with E-state index in [0.717, 1.165) is 44.9 Å². The van der Waals surface area contributed by atoms with Gasteiger partial charge in [0.15, 0.2) is 2.74 Å². The van der Waals surface area contributed by atoms with E-state index < -0.39 is 47.7 Å². The molecule has 2 rings (SSSR count). The quantitative estimate of drug-likeness (QED) is 0.0198. The largest absolute Gasteiger partial charge is 0.481 e. The van der Waals surface area contributed by atoms with E-state index in [2.05, 4.69) is 10.6 Å². The van der Waals surface area contributed by atoms with Gasteiger partial charge in [-0.3, -0.25) is 28.8 Å². The van der Waals surface area contributed by atoms with E-state index in [1.807, 2.05) is 0 Å². The predicted molar refractivity (Wildman–Crippen MR) is 232 cm³/mol. The molecule has 2 amide bonds. The van der Waals surface area contributed by atoms with Crippen LogP contribution in [0.4, 0.5) is 0 Å². The molecular formula is C37H62N2O11S6. The molecule has 0 aromatic rings. The summed E-state index contributed by atoms with van der Waals surface area (Å²) in [4.78, 5) is 83.3. The average Bonchev–Trinajstić information content (AvgIpc) is 3.91. The van der Waals surface area contributed by atoms with Crippen LogP contribution in [-0.4, -0.2) is 81.8 Å². The Labute approximate surface area is 356 Å². The number of carbonyl (C=O) groups is 7. The minimum absolute atomic E-state index is 0. The maximum Gasteiger partial charge on any atom is 0.326 e. The van der Waals surface area contributed by atoms with Gasteiger partial charge in [-0.15, -0.1) is 0 Å². The van der Waals surface area contributed by atoms with Gasteiger partial charge in [-0.05, 0) is 60.1 Å². The summed E-state index contributed by atoms with van der Waals surface area (Å²) in [6, 6.07) is -1.33. The molecule has 0 unspecified atom stereocenters. The Bertz CT molecular complexity index is 1260. The van der Waals surface area contributed by atoms with Gasteiger partial charge >= 0.3 is 23.9 Å². The van der Waals surface area contributed by atoms with Gasteiger partial charge in [-0.1, -0.05) is 127 Å². The molecule has 3 atom stereocenters. The van der Waals surface area contributed by atoms with Crippen molar-refractivity contribution in [3.05, 3.63) is 0 Å². The molecule has 322 valence electrons. The van der Waals surface area contributed by atoms with Crippen LogP contribution < -0.4 is 10.6 Å². The molecule has 0 aliphatic carbocycles. The zero-order valence-electron chi connectivity index (χ0n) is 32.1. The van der Waals surface area contributed by atoms with E-state index >= 15 is 0 Å². The first-order valence-electron chi connectivity index (χ1n) is 19.9. The van der Waals surface area contributed by atoms with Gasteiger partial charge in [0, 0.05) is 40.1 Å². The number of hydrogen-bond donors (Lipinski definition) is 6. The van der Waals surface area contributed by atoms with Crippen molar-refractivity contribution in [1.82, 2.24) is 10.6 Å². The highest BCUT2D eigenvalue weighted by Crippen LogP contribution is 2.84. The number of aliphatic carboxylic acids is 4. The van der Waals surface area contributed by atoms with Crippen molar-refractivity contribution in [2.24, 2.45) is 11.8 Å². The van der Waals surface area contributed by atoms with Crippen LogP contribution in [0.5, 0.6) is 0 Å². The lowest BCUT2D eigenvalue weighted by Crippen LogP contribution is -2.41. The summed E-state index contributed by atoms with van der Waals surface area (Å²) in [5, 5.41) is 42.7. The first-order chi connectivity index (χ1) is 26.8. The summed E-state index contributed by atoms with van der Waals surface area (Å²) in [5.41, 5.74) is 0. The molecule has 2 aliphatic heterocycles. The van der Waals surface area contributed by atoms with Gasteiger partial charge in [-0.2, -0.15) is 0 Å². The van der Waals surface area contributed by atoms with Gasteiger partial charge < -0.3 is 31.1 Å². The third kappa shape index (κ3) is 23.9. The summed E-state index contributed by atoms with van der Waals surface area (Å²) < 4.78 is 0.0466. The van der Waals surface area contributed by atoms with Crippen LogP contribution in [0.15, 0.2) is 0 Å². The Hall–Kier alpha value is -1.41. The minimum atomic E-state index is -1.33. The van der Waals surface area contributed by atoms with Crippen LogP contribution in [-0.2, 0) is 33.6 Å². The Morgan fingerprint density at radius 2 is 1.05 bits per heavy atom. The van der Waals surface area contributed by atoms with E-state index in [1.54, 1.807) is 64.8 Å². The lowest BCUT2D eigenvalue weighted by Gasteiger charge is -2.27. The predicted octanol–water partition coefficient (Wildman–Crippen LogP) is 9.44. The molecule has 6 N–H and O–H groups in total. The Morgan fingerprint density at radius 1 is 0.536 bits per heavy atom. The first-order valence-corrected chi connectivity index (χ1v) is 26.4. The van der Waals surface area contributed by atoms with Crippen molar-refractivity contribution in [2.75, 3.05) is 6.54 Å². The third-order valence-electron chi connectivity index (χ3n) is 9.55. The Balaban J connectivity index is 0.0000162. The molecule has 0 radical (unpaired) electrons. The summed E-state index contributed by atoms with van der Waals surface area (Å²) in [6.07, 6.45) is 16.3. The van der Waals surface area contributed by atoms with Crippen LogP contribution in [0, 0.1) is 11.8 Å². The lowest BCUT2D eigenvalue weighted by molar-refractivity contribution is -0.145. The molecule has 0 aromatic heterocycles. The third-order valence-corrected chi connectivity index (χ3v) is 23.4. The molecule has 0 aromatic carbocycles. The van der Waals surface area contributed by atoms with Gasteiger partial charge in [0.2, 0.25) is 11.8 Å². The fourth-order valence-corrected chi connectivity index (χ4v) is 20.0. The van der Waals surface area contributed by atoms with Gasteiger partial charge in [0.25, 0.3) is 0 Å². The second-order valence-electron chi connectivity index (χ2n) is 14.3. The van der Waals surface area contributed by atoms with E-state index in [1.165, 1.54) is 38.5 Å². The molecule has 2 heterocycles. The van der Waals surface area contributed by atoms with Crippen LogP contribution in [0.1, 0.15) is 156 Å². The van der Waals surface area contributed by atoms with Gasteiger partial charge in [0.1, 0.15) is 11.8 Å². The lowest BCUT2D eigenvalue weighted by atomic mass is 9.94. The zero-order valence-corrected chi connectivity index (χ0v) is 37.0. The molecule has 13 nitrogen and oxygen atoms in total. The van der Waals surface area contributed by atoms with Crippen molar-refractivity contribution in [3.8, 4) is 0 Å². The molecule has 2 aliphatic rings. The van der Waals surface area contributed by atoms with Gasteiger partial charge in [-0.25, -0.2) is 4.79 Å². The second-order valence-corrected chi connectivity index (χ2v) is 23.9. The van der Waals surface area contributed by atoms with E-state index in [9.17, 15) is 48.9 Å². The topological polar surface area (TPSA) is 224 Å². The summed E-state index contributed by atoms with van der Waals surface area (Å²) in [6.45, 7) is 0.318. The van der Waals surface area contributed by atoms with E-state index in [0.29, 0.717) is 32.2 Å². The normalized spacial score (nSPS) is 16.4. The van der Waals surface area contributed by atoms with Crippen molar-refractivity contribution in [3.63, 3.8) is 0 Å². The molecule has 19 heteroatoms. The van der Waals surface area contributed by atoms with Crippen molar-refractivity contribution < 1.29 is 55.4 Å². The fourth-order valence-electron chi connectivity index (χ4n) is 6.16. The summed E-state index contributed by atoms with van der Waals surface area (Å²) in [7, 11) is 10.2. The number of carbonyl (C=O) groups excluding carboxylic acids is 3. The number of amides is 2. The monoisotopic (exact) mass is 902 g/mol. The molecule has 0 bridgehead atoms. The first kappa shape index (κ1) is 50.7. The summed E-state index contributed by atoms with van der Waals surface area (Å²) in [5.74, 6) is -6.80. The Kier molecular flexibility index (Phi) is 26.9. The molecule has 0 saturated carbocycles. The van der Waals surface area contributed by atoms with Crippen LogP contribution >= 0.6 is 64.8 Å². The van der Waals surface area contributed by atoms with E-state index in [-0.39, 0.29) is 65.4 Å². The minimum Gasteiger partial charge on any atom is -0.481 e. The smallest absolute Gasteiger partial charge is 0.326 e. The average molecular weight is 903 g/mol. The molecular weight excluding hydrogens is 841 g/mol. The highest BCUT2D eigenvalue weighted by Gasteiger charge is 2.53. The number of hydrogen-bond acceptors (Lipinski definition) is 13. The molecule has 1 spiro atoms. The molecule has 2 saturated heterocycles. The number of ketones is 1. The van der Waals surface area contributed by atoms with E-state index in [4.69, 9.17) is 5.11 Å². The number of carboxylic acids is 4. The Morgan fingerprint density at radius 3 is 1.54 bits per heavy atom. The van der Waals surface area contributed by atoms with Gasteiger partial charge in [0.05, 0.1) is 16.4 Å². The highest BCUT2D eigenvalue weighted by atomic mass is 33.2. The van der Waals surface area contributed by atoms with Crippen LogP contribution in [0.3, 0.4) is 0 Å². The number of rotatable bonds is 35. The van der Waals surface area contributed by atoms with Crippen LogP contribution in [0.2, 0.25) is 0 Å². The SMILES string of the molecule is O=C(O)CCCCCCCCCCCCCCCCC(=O)C[C@@H](CCC(=O)N[C@@H](CCC(=O)NCCCC[C@@H](C(=O)O)C1SSC2(SS1)SS2)C(=O)O)C(=O)O.[HH].